The number of alkyl halides is 3. The highest BCUT2D eigenvalue weighted by Gasteiger charge is 2.30. The third kappa shape index (κ3) is 6.18. The summed E-state index contributed by atoms with van der Waals surface area (Å²) < 4.78 is 67.3. The molecule has 0 aliphatic carbocycles. The summed E-state index contributed by atoms with van der Waals surface area (Å²) in [6, 6.07) is 6.75. The van der Waals surface area contributed by atoms with Crippen molar-refractivity contribution in [3.05, 3.63) is 29.8 Å². The minimum Gasteiger partial charge on any atom is -0.372 e. The maximum Gasteiger partial charge on any atom is 0.411 e. The molecule has 0 N–H and O–H groups in total. The molecule has 1 aliphatic rings. The molecule has 0 spiro atoms. The van der Waals surface area contributed by atoms with Gasteiger partial charge in [0, 0.05) is 26.2 Å². The number of sulfonamides is 1. The van der Waals surface area contributed by atoms with Crippen LogP contribution in [0.1, 0.15) is 31.7 Å². The summed E-state index contributed by atoms with van der Waals surface area (Å²) in [5.41, 5.74) is 1.04. The molecule has 0 aromatic heterocycles. The van der Waals surface area contributed by atoms with Crippen LogP contribution in [0.2, 0.25) is 0 Å². The largest absolute Gasteiger partial charge is 0.411 e. The first-order chi connectivity index (χ1) is 13.0. The molecule has 10 heteroatoms. The Morgan fingerprint density at radius 1 is 1.11 bits per heavy atom. The molecular formula is C18H25F3N2O4S. The van der Waals surface area contributed by atoms with Crippen molar-refractivity contribution in [1.29, 1.82) is 0 Å². The molecule has 1 fully saturated rings. The number of halogens is 3. The molecule has 0 saturated carbocycles. The van der Waals surface area contributed by atoms with E-state index in [1.165, 1.54) is 9.21 Å². The maximum absolute atomic E-state index is 12.7. The van der Waals surface area contributed by atoms with Crippen LogP contribution in [-0.4, -0.2) is 69.1 Å². The predicted octanol–water partition coefficient (Wildman–Crippen LogP) is 2.61. The molecular weight excluding hydrogens is 397 g/mol. The summed E-state index contributed by atoms with van der Waals surface area (Å²) in [5, 5.41) is 0. The number of carbonyl (C=O) groups excluding carboxylic acids is 1. The first-order valence-corrected chi connectivity index (χ1v) is 10.5. The Labute approximate surface area is 163 Å². The highest BCUT2D eigenvalue weighted by Crippen LogP contribution is 2.21. The molecule has 0 atom stereocenters. The van der Waals surface area contributed by atoms with Crippen molar-refractivity contribution >= 4 is 15.9 Å². The quantitative estimate of drug-likeness (QED) is 0.634. The Hall–Kier alpha value is -1.65. The summed E-state index contributed by atoms with van der Waals surface area (Å²) in [5.74, 6) is -0.0491. The number of amides is 1. The Kier molecular flexibility index (Phi) is 7.46. The van der Waals surface area contributed by atoms with Gasteiger partial charge in [0.15, 0.2) is 0 Å². The SMILES string of the molecule is CC(C)c1ccc(S(=O)(=O)N2CCN(C(=O)CCOCC(F)(F)F)CC2)cc1. The fraction of sp³-hybridized carbons (Fsp3) is 0.611. The van der Waals surface area contributed by atoms with Crippen LogP contribution in [0.3, 0.4) is 0 Å². The molecule has 0 unspecified atom stereocenters. The number of hydrogen-bond donors (Lipinski definition) is 0. The third-order valence-corrected chi connectivity index (χ3v) is 6.41. The van der Waals surface area contributed by atoms with Gasteiger partial charge in [-0.2, -0.15) is 17.5 Å². The lowest BCUT2D eigenvalue weighted by atomic mass is 10.0. The number of carbonyl (C=O) groups is 1. The highest BCUT2D eigenvalue weighted by atomic mass is 32.2. The second-order valence-electron chi connectivity index (χ2n) is 6.93. The normalized spacial score (nSPS) is 16.6. The Morgan fingerprint density at radius 3 is 2.18 bits per heavy atom. The monoisotopic (exact) mass is 422 g/mol. The van der Waals surface area contributed by atoms with E-state index in [1.807, 2.05) is 13.8 Å². The van der Waals surface area contributed by atoms with Crippen LogP contribution in [-0.2, 0) is 19.6 Å². The van der Waals surface area contributed by atoms with Gasteiger partial charge in [0.05, 0.1) is 17.9 Å². The van der Waals surface area contributed by atoms with Crippen molar-refractivity contribution in [3.8, 4) is 0 Å². The second-order valence-corrected chi connectivity index (χ2v) is 8.86. The van der Waals surface area contributed by atoms with Gasteiger partial charge in [-0.3, -0.25) is 4.79 Å². The van der Waals surface area contributed by atoms with E-state index < -0.39 is 22.8 Å². The first kappa shape index (κ1) is 22.6. The zero-order valence-electron chi connectivity index (χ0n) is 15.9. The van der Waals surface area contributed by atoms with E-state index in [2.05, 4.69) is 4.74 Å². The van der Waals surface area contributed by atoms with Crippen LogP contribution >= 0.6 is 0 Å². The van der Waals surface area contributed by atoms with Gasteiger partial charge in [-0.1, -0.05) is 26.0 Å². The van der Waals surface area contributed by atoms with Crippen molar-refractivity contribution < 1.29 is 31.1 Å². The minimum absolute atomic E-state index is 0.142. The summed E-state index contributed by atoms with van der Waals surface area (Å²) in [6.07, 6.45) is -4.59. The van der Waals surface area contributed by atoms with Crippen LogP contribution in [0, 0.1) is 0 Å². The van der Waals surface area contributed by atoms with Gasteiger partial charge in [-0.05, 0) is 23.6 Å². The van der Waals surface area contributed by atoms with E-state index in [0.29, 0.717) is 5.92 Å². The molecule has 1 heterocycles. The summed E-state index contributed by atoms with van der Waals surface area (Å²) >= 11 is 0. The van der Waals surface area contributed by atoms with Gasteiger partial charge in [0.1, 0.15) is 6.61 Å². The van der Waals surface area contributed by atoms with Gasteiger partial charge < -0.3 is 9.64 Å². The summed E-state index contributed by atoms with van der Waals surface area (Å²) in [6.45, 7) is 3.01. The molecule has 1 aromatic rings. The molecule has 158 valence electrons. The minimum atomic E-state index is -4.42. The average molecular weight is 422 g/mol. The van der Waals surface area contributed by atoms with Crippen LogP contribution in [0.5, 0.6) is 0 Å². The van der Waals surface area contributed by atoms with Crippen LogP contribution in [0.4, 0.5) is 13.2 Å². The maximum atomic E-state index is 12.7. The molecule has 1 aromatic carbocycles. The first-order valence-electron chi connectivity index (χ1n) is 9.03. The zero-order valence-corrected chi connectivity index (χ0v) is 16.7. The zero-order chi connectivity index (χ0) is 20.9. The number of ether oxygens (including phenoxy) is 1. The second kappa shape index (κ2) is 9.23. The molecule has 1 aliphatic heterocycles. The fourth-order valence-corrected chi connectivity index (χ4v) is 4.28. The topological polar surface area (TPSA) is 66.9 Å². The van der Waals surface area contributed by atoms with Crippen molar-refractivity contribution in [1.82, 2.24) is 9.21 Å². The Bertz CT molecular complexity index is 756. The standard InChI is InChI=1S/C18H25F3N2O4S/c1-14(2)15-3-5-16(6-4-15)28(25,26)23-10-8-22(9-11-23)17(24)7-12-27-13-18(19,20)21/h3-6,14H,7-13H2,1-2H3. The van der Waals surface area contributed by atoms with E-state index in [0.717, 1.165) is 5.56 Å². The smallest absolute Gasteiger partial charge is 0.372 e. The lowest BCUT2D eigenvalue weighted by Crippen LogP contribution is -2.50. The molecule has 28 heavy (non-hydrogen) atoms. The third-order valence-electron chi connectivity index (χ3n) is 4.50. The van der Waals surface area contributed by atoms with Crippen LogP contribution in [0.25, 0.3) is 0 Å². The average Bonchev–Trinajstić information content (AvgIpc) is 2.64. The van der Waals surface area contributed by atoms with E-state index in [9.17, 15) is 26.4 Å². The molecule has 0 radical (unpaired) electrons. The number of piperazine rings is 1. The Morgan fingerprint density at radius 2 is 1.68 bits per heavy atom. The van der Waals surface area contributed by atoms with Crippen molar-refractivity contribution in [3.63, 3.8) is 0 Å². The van der Waals surface area contributed by atoms with Gasteiger partial charge in [-0.25, -0.2) is 8.42 Å². The lowest BCUT2D eigenvalue weighted by Gasteiger charge is -2.34. The number of benzene rings is 1. The van der Waals surface area contributed by atoms with Crippen molar-refractivity contribution in [2.45, 2.75) is 37.3 Å². The van der Waals surface area contributed by atoms with Gasteiger partial charge >= 0.3 is 6.18 Å². The van der Waals surface area contributed by atoms with E-state index in [1.54, 1.807) is 24.3 Å². The van der Waals surface area contributed by atoms with E-state index in [4.69, 9.17) is 0 Å². The summed E-state index contributed by atoms with van der Waals surface area (Å²) in [7, 11) is -3.65. The van der Waals surface area contributed by atoms with Gasteiger partial charge in [-0.15, -0.1) is 0 Å². The molecule has 6 nitrogen and oxygen atoms in total. The number of hydrogen-bond acceptors (Lipinski definition) is 4. The molecule has 1 saturated heterocycles. The van der Waals surface area contributed by atoms with Gasteiger partial charge in [0.2, 0.25) is 15.9 Å². The molecule has 2 rings (SSSR count). The number of rotatable bonds is 7. The predicted molar refractivity (Wildman–Crippen MR) is 97.4 cm³/mol. The fourth-order valence-electron chi connectivity index (χ4n) is 2.86. The molecule has 1 amide bonds. The van der Waals surface area contributed by atoms with E-state index >= 15 is 0 Å². The van der Waals surface area contributed by atoms with Crippen LogP contribution in [0.15, 0.2) is 29.2 Å². The number of nitrogens with zero attached hydrogens (tertiary/aromatic N) is 2. The van der Waals surface area contributed by atoms with Gasteiger partial charge in [0.25, 0.3) is 0 Å². The highest BCUT2D eigenvalue weighted by molar-refractivity contribution is 7.89. The van der Waals surface area contributed by atoms with Crippen molar-refractivity contribution in [2.24, 2.45) is 0 Å². The van der Waals surface area contributed by atoms with Crippen molar-refractivity contribution in [2.75, 3.05) is 39.4 Å². The Balaban J connectivity index is 1.86. The van der Waals surface area contributed by atoms with E-state index in [-0.39, 0.29) is 50.0 Å². The van der Waals surface area contributed by atoms with Crippen LogP contribution < -0.4 is 0 Å². The summed E-state index contributed by atoms with van der Waals surface area (Å²) in [4.78, 5) is 13.7. The molecule has 0 bridgehead atoms. The lowest BCUT2D eigenvalue weighted by molar-refractivity contribution is -0.175.